The molecule has 164 valence electrons. The lowest BCUT2D eigenvalue weighted by molar-refractivity contribution is -0.384. The number of nitrogens with zero attached hydrogens (tertiary/aromatic N) is 1. The van der Waals surface area contributed by atoms with E-state index in [1.54, 1.807) is 18.2 Å². The Bertz CT molecular complexity index is 959. The third kappa shape index (κ3) is 5.88. The molecule has 0 aromatic heterocycles. The highest BCUT2D eigenvalue weighted by atomic mass is 16.6. The Morgan fingerprint density at radius 3 is 2.39 bits per heavy atom. The van der Waals surface area contributed by atoms with Gasteiger partial charge in [-0.05, 0) is 80.5 Å². The number of benzene rings is 2. The Morgan fingerprint density at radius 2 is 1.74 bits per heavy atom. The number of carbonyl (C=O) groups excluding carboxylic acids is 2. The van der Waals surface area contributed by atoms with Gasteiger partial charge in [0.25, 0.3) is 17.5 Å². The average Bonchev–Trinajstić information content (AvgIpc) is 2.78. The number of non-ortho nitro benzene ring substituents is 1. The van der Waals surface area contributed by atoms with E-state index < -0.39 is 4.92 Å². The number of nitrogens with two attached hydrogens (primary N) is 1. The summed E-state index contributed by atoms with van der Waals surface area (Å²) in [6, 6.07) is 10.5. The molecule has 2 unspecified atom stereocenters. The lowest BCUT2D eigenvalue weighted by atomic mass is 9.81. The minimum absolute atomic E-state index is 0.0742. The van der Waals surface area contributed by atoms with Crippen LogP contribution < -0.4 is 16.4 Å². The molecule has 1 saturated carbocycles. The van der Waals surface area contributed by atoms with Crippen LogP contribution in [-0.4, -0.2) is 29.8 Å². The van der Waals surface area contributed by atoms with E-state index in [1.165, 1.54) is 30.7 Å². The van der Waals surface area contributed by atoms with E-state index in [-0.39, 0.29) is 17.5 Å². The average molecular weight is 425 g/mol. The number of hydrogen-bond donors (Lipinski definition) is 3. The molecule has 2 aromatic carbocycles. The fourth-order valence-corrected chi connectivity index (χ4v) is 4.02. The standard InChI is InChI=1S/C23H28N4O4/c1-15-11-19(22(28)25-14-17-4-2-3-16(12-17)13-24)7-10-21(15)26-23(29)18-5-8-20(9-6-18)27(30)31/h5-11,16-17H,2-4,12-14,24H2,1H3,(H,25,28)(H,26,29). The fourth-order valence-electron chi connectivity index (χ4n) is 4.02. The first-order valence-electron chi connectivity index (χ1n) is 10.5. The minimum Gasteiger partial charge on any atom is -0.352 e. The Kier molecular flexibility index (Phi) is 7.36. The Labute approximate surface area is 181 Å². The number of aryl methyl sites for hydroxylation is 1. The van der Waals surface area contributed by atoms with E-state index >= 15 is 0 Å². The molecule has 8 heteroatoms. The maximum Gasteiger partial charge on any atom is 0.269 e. The lowest BCUT2D eigenvalue weighted by Crippen LogP contribution is -2.33. The second-order valence-electron chi connectivity index (χ2n) is 8.13. The molecular weight excluding hydrogens is 396 g/mol. The number of hydrogen-bond acceptors (Lipinski definition) is 5. The van der Waals surface area contributed by atoms with Crippen molar-refractivity contribution in [3.8, 4) is 0 Å². The number of carbonyl (C=O) groups is 2. The second kappa shape index (κ2) is 10.2. The van der Waals surface area contributed by atoms with Gasteiger partial charge in [0, 0.05) is 35.5 Å². The highest BCUT2D eigenvalue weighted by Crippen LogP contribution is 2.28. The van der Waals surface area contributed by atoms with E-state index in [2.05, 4.69) is 10.6 Å². The monoisotopic (exact) mass is 424 g/mol. The zero-order valence-electron chi connectivity index (χ0n) is 17.6. The molecule has 0 radical (unpaired) electrons. The molecule has 1 fully saturated rings. The first-order chi connectivity index (χ1) is 14.9. The SMILES string of the molecule is Cc1cc(C(=O)NCC2CCCC(CN)C2)ccc1NC(=O)c1ccc([N+](=O)[O-])cc1. The van der Waals surface area contributed by atoms with Crippen molar-refractivity contribution in [2.45, 2.75) is 32.6 Å². The van der Waals surface area contributed by atoms with Crippen molar-refractivity contribution >= 4 is 23.2 Å². The molecule has 0 saturated heterocycles. The normalized spacial score (nSPS) is 18.3. The molecular formula is C23H28N4O4. The van der Waals surface area contributed by atoms with Gasteiger partial charge in [-0.15, -0.1) is 0 Å². The van der Waals surface area contributed by atoms with Crippen LogP contribution in [0.2, 0.25) is 0 Å². The molecule has 1 aliphatic rings. The van der Waals surface area contributed by atoms with Crippen LogP contribution in [0.1, 0.15) is 52.0 Å². The van der Waals surface area contributed by atoms with Gasteiger partial charge >= 0.3 is 0 Å². The summed E-state index contributed by atoms with van der Waals surface area (Å²) in [5.41, 5.74) is 7.90. The van der Waals surface area contributed by atoms with Crippen LogP contribution in [0.5, 0.6) is 0 Å². The van der Waals surface area contributed by atoms with E-state index in [4.69, 9.17) is 5.73 Å². The van der Waals surface area contributed by atoms with Gasteiger partial charge in [0.1, 0.15) is 0 Å². The van der Waals surface area contributed by atoms with Gasteiger partial charge < -0.3 is 16.4 Å². The number of nitro groups is 1. The molecule has 0 spiro atoms. The topological polar surface area (TPSA) is 127 Å². The van der Waals surface area contributed by atoms with Gasteiger partial charge in [-0.25, -0.2) is 0 Å². The van der Waals surface area contributed by atoms with Crippen molar-refractivity contribution in [2.24, 2.45) is 17.6 Å². The highest BCUT2D eigenvalue weighted by Gasteiger charge is 2.21. The van der Waals surface area contributed by atoms with E-state index in [0.29, 0.717) is 41.7 Å². The molecule has 0 aliphatic heterocycles. The van der Waals surface area contributed by atoms with Crippen LogP contribution in [-0.2, 0) is 0 Å². The third-order valence-corrected chi connectivity index (χ3v) is 5.85. The van der Waals surface area contributed by atoms with Gasteiger partial charge in [-0.2, -0.15) is 0 Å². The maximum atomic E-state index is 12.6. The number of nitrogens with one attached hydrogen (secondary N) is 2. The first kappa shape index (κ1) is 22.4. The van der Waals surface area contributed by atoms with E-state index in [9.17, 15) is 19.7 Å². The summed E-state index contributed by atoms with van der Waals surface area (Å²) in [6.07, 6.45) is 4.50. The summed E-state index contributed by atoms with van der Waals surface area (Å²) in [6.45, 7) is 3.17. The predicted octanol–water partition coefficient (Wildman–Crippen LogP) is 3.65. The molecule has 0 heterocycles. The van der Waals surface area contributed by atoms with E-state index in [0.717, 1.165) is 24.8 Å². The molecule has 8 nitrogen and oxygen atoms in total. The summed E-state index contributed by atoms with van der Waals surface area (Å²) in [7, 11) is 0. The molecule has 4 N–H and O–H groups in total. The number of rotatable bonds is 7. The van der Waals surface area contributed by atoms with Crippen LogP contribution in [0.3, 0.4) is 0 Å². The van der Waals surface area contributed by atoms with Gasteiger partial charge in [0.05, 0.1) is 4.92 Å². The molecule has 2 aromatic rings. The van der Waals surface area contributed by atoms with Crippen molar-refractivity contribution < 1.29 is 14.5 Å². The Morgan fingerprint density at radius 1 is 1.06 bits per heavy atom. The fraction of sp³-hybridized carbons (Fsp3) is 0.391. The van der Waals surface area contributed by atoms with Crippen LogP contribution in [0.25, 0.3) is 0 Å². The number of nitro benzene ring substituents is 1. The lowest BCUT2D eigenvalue weighted by Gasteiger charge is -2.28. The van der Waals surface area contributed by atoms with Crippen molar-refractivity contribution in [1.29, 1.82) is 0 Å². The molecule has 2 amide bonds. The van der Waals surface area contributed by atoms with Gasteiger partial charge in [-0.1, -0.05) is 6.42 Å². The van der Waals surface area contributed by atoms with Gasteiger partial charge in [0.2, 0.25) is 0 Å². The predicted molar refractivity (Wildman–Crippen MR) is 119 cm³/mol. The van der Waals surface area contributed by atoms with Crippen LogP contribution in [0.4, 0.5) is 11.4 Å². The first-order valence-corrected chi connectivity index (χ1v) is 10.5. The summed E-state index contributed by atoms with van der Waals surface area (Å²) in [5, 5.41) is 16.5. The van der Waals surface area contributed by atoms with Crippen LogP contribution >= 0.6 is 0 Å². The zero-order chi connectivity index (χ0) is 22.4. The summed E-state index contributed by atoms with van der Waals surface area (Å²) >= 11 is 0. The van der Waals surface area contributed by atoms with Crippen molar-refractivity contribution in [3.63, 3.8) is 0 Å². The van der Waals surface area contributed by atoms with Crippen LogP contribution in [0, 0.1) is 28.9 Å². The number of anilines is 1. The zero-order valence-corrected chi connectivity index (χ0v) is 17.6. The quantitative estimate of drug-likeness (QED) is 0.462. The maximum absolute atomic E-state index is 12.6. The van der Waals surface area contributed by atoms with Crippen LogP contribution in [0.15, 0.2) is 42.5 Å². The highest BCUT2D eigenvalue weighted by molar-refractivity contribution is 6.05. The van der Waals surface area contributed by atoms with E-state index in [1.807, 2.05) is 6.92 Å². The third-order valence-electron chi connectivity index (χ3n) is 5.85. The van der Waals surface area contributed by atoms with Gasteiger partial charge in [-0.3, -0.25) is 19.7 Å². The molecule has 31 heavy (non-hydrogen) atoms. The van der Waals surface area contributed by atoms with Crippen molar-refractivity contribution in [2.75, 3.05) is 18.4 Å². The molecule has 2 atom stereocenters. The Hall–Kier alpha value is -3.26. The molecule has 1 aliphatic carbocycles. The summed E-state index contributed by atoms with van der Waals surface area (Å²) in [4.78, 5) is 35.2. The smallest absolute Gasteiger partial charge is 0.269 e. The largest absolute Gasteiger partial charge is 0.352 e. The number of amides is 2. The summed E-state index contributed by atoms with van der Waals surface area (Å²) < 4.78 is 0. The van der Waals surface area contributed by atoms with Crippen molar-refractivity contribution in [1.82, 2.24) is 5.32 Å². The summed E-state index contributed by atoms with van der Waals surface area (Å²) in [5.74, 6) is 0.511. The minimum atomic E-state index is -0.513. The second-order valence-corrected chi connectivity index (χ2v) is 8.13. The van der Waals surface area contributed by atoms with Crippen molar-refractivity contribution in [3.05, 3.63) is 69.3 Å². The van der Waals surface area contributed by atoms with Gasteiger partial charge in [0.15, 0.2) is 0 Å². The Balaban J connectivity index is 1.58. The molecule has 0 bridgehead atoms. The molecule has 3 rings (SSSR count).